The first kappa shape index (κ1) is 7.16. The molecule has 0 bridgehead atoms. The minimum absolute atomic E-state index is 0.755. The molecule has 2 heterocycles. The van der Waals surface area contributed by atoms with Gasteiger partial charge in [-0.25, -0.2) is 0 Å². The van der Waals surface area contributed by atoms with Crippen molar-refractivity contribution in [2.45, 2.75) is 6.92 Å². The Kier molecular flexibility index (Phi) is 1.33. The summed E-state index contributed by atoms with van der Waals surface area (Å²) >= 11 is 0. The van der Waals surface area contributed by atoms with Gasteiger partial charge in [-0.15, -0.1) is 0 Å². The largest absolute Gasteiger partial charge is 0.397 e. The standard InChI is InChI=1S/C9H11N3/c1-6-5-12(2)8-4-11-3-7(10)9(6)8/h3-5H,10H2,1-2H3. The maximum absolute atomic E-state index is 5.79. The SMILES string of the molecule is Cc1cn(C)c2cncc(N)c12. The lowest BCUT2D eigenvalue weighted by Crippen LogP contribution is -1.89. The highest BCUT2D eigenvalue weighted by molar-refractivity contribution is 5.93. The second kappa shape index (κ2) is 2.24. The molecular weight excluding hydrogens is 150 g/mol. The lowest BCUT2D eigenvalue weighted by molar-refractivity contribution is 0.960. The van der Waals surface area contributed by atoms with Gasteiger partial charge in [-0.3, -0.25) is 4.98 Å². The van der Waals surface area contributed by atoms with Gasteiger partial charge in [0.1, 0.15) is 0 Å². The predicted octanol–water partition coefficient (Wildman–Crippen LogP) is 1.46. The molecule has 62 valence electrons. The first-order valence-electron chi connectivity index (χ1n) is 3.85. The van der Waals surface area contributed by atoms with Gasteiger partial charge < -0.3 is 10.3 Å². The van der Waals surface area contributed by atoms with E-state index in [2.05, 4.69) is 18.1 Å². The molecule has 3 nitrogen and oxygen atoms in total. The molecule has 0 radical (unpaired) electrons. The summed E-state index contributed by atoms with van der Waals surface area (Å²) in [5, 5.41) is 1.12. The van der Waals surface area contributed by atoms with Crippen molar-refractivity contribution < 1.29 is 0 Å². The molecular formula is C9H11N3. The van der Waals surface area contributed by atoms with E-state index in [1.54, 1.807) is 6.20 Å². The number of anilines is 1. The van der Waals surface area contributed by atoms with Crippen LogP contribution in [-0.4, -0.2) is 9.55 Å². The summed E-state index contributed by atoms with van der Waals surface area (Å²) in [6, 6.07) is 0. The Morgan fingerprint density at radius 2 is 2.17 bits per heavy atom. The van der Waals surface area contributed by atoms with Gasteiger partial charge in [0, 0.05) is 18.6 Å². The zero-order valence-electron chi connectivity index (χ0n) is 7.20. The van der Waals surface area contributed by atoms with Crippen LogP contribution < -0.4 is 5.73 Å². The molecule has 0 atom stereocenters. The number of pyridine rings is 1. The molecule has 0 saturated heterocycles. The lowest BCUT2D eigenvalue weighted by Gasteiger charge is -1.97. The molecule has 12 heavy (non-hydrogen) atoms. The molecule has 2 aromatic rings. The Morgan fingerprint density at radius 3 is 2.83 bits per heavy atom. The van der Waals surface area contributed by atoms with E-state index < -0.39 is 0 Å². The average Bonchev–Trinajstić information content (AvgIpc) is 2.29. The molecule has 0 unspecified atom stereocenters. The van der Waals surface area contributed by atoms with Crippen LogP contribution in [0.25, 0.3) is 10.9 Å². The van der Waals surface area contributed by atoms with Crippen molar-refractivity contribution in [2.75, 3.05) is 5.73 Å². The van der Waals surface area contributed by atoms with E-state index in [9.17, 15) is 0 Å². The number of aromatic nitrogens is 2. The number of rotatable bonds is 0. The van der Waals surface area contributed by atoms with Crippen molar-refractivity contribution in [1.29, 1.82) is 0 Å². The fourth-order valence-corrected chi connectivity index (χ4v) is 1.59. The summed E-state index contributed by atoms with van der Waals surface area (Å²) in [6.45, 7) is 2.05. The average molecular weight is 161 g/mol. The number of nitrogens with two attached hydrogens (primary N) is 1. The highest BCUT2D eigenvalue weighted by atomic mass is 14.9. The molecule has 0 aromatic carbocycles. The van der Waals surface area contributed by atoms with Crippen molar-refractivity contribution >= 4 is 16.6 Å². The number of fused-ring (bicyclic) bond motifs is 1. The lowest BCUT2D eigenvalue weighted by atomic mass is 10.2. The van der Waals surface area contributed by atoms with E-state index in [-0.39, 0.29) is 0 Å². The number of hydrogen-bond donors (Lipinski definition) is 1. The van der Waals surface area contributed by atoms with E-state index in [0.717, 1.165) is 16.6 Å². The summed E-state index contributed by atoms with van der Waals surface area (Å²) < 4.78 is 2.04. The second-order valence-electron chi connectivity index (χ2n) is 3.05. The minimum atomic E-state index is 0.755. The third-order valence-electron chi connectivity index (χ3n) is 2.12. The van der Waals surface area contributed by atoms with Gasteiger partial charge in [-0.1, -0.05) is 0 Å². The highest BCUT2D eigenvalue weighted by Crippen LogP contribution is 2.23. The molecule has 0 fully saturated rings. The number of hydrogen-bond acceptors (Lipinski definition) is 2. The van der Waals surface area contributed by atoms with Crippen molar-refractivity contribution in [3.63, 3.8) is 0 Å². The molecule has 3 heteroatoms. The van der Waals surface area contributed by atoms with Gasteiger partial charge in [-0.05, 0) is 12.5 Å². The molecule has 0 aliphatic heterocycles. The normalized spacial score (nSPS) is 10.8. The summed E-state index contributed by atoms with van der Waals surface area (Å²) in [7, 11) is 2.00. The zero-order valence-corrected chi connectivity index (χ0v) is 7.20. The van der Waals surface area contributed by atoms with E-state index in [1.165, 1.54) is 5.56 Å². The number of nitrogen functional groups attached to an aromatic ring is 1. The van der Waals surface area contributed by atoms with Gasteiger partial charge in [0.15, 0.2) is 0 Å². The second-order valence-corrected chi connectivity index (χ2v) is 3.05. The van der Waals surface area contributed by atoms with Gasteiger partial charge >= 0.3 is 0 Å². The maximum atomic E-state index is 5.79. The summed E-state index contributed by atoms with van der Waals surface area (Å²) in [5.74, 6) is 0. The first-order valence-corrected chi connectivity index (χ1v) is 3.85. The fraction of sp³-hybridized carbons (Fsp3) is 0.222. The molecule has 2 rings (SSSR count). The van der Waals surface area contributed by atoms with E-state index >= 15 is 0 Å². The van der Waals surface area contributed by atoms with Crippen LogP contribution in [0.2, 0.25) is 0 Å². The quantitative estimate of drug-likeness (QED) is 0.635. The number of aryl methyl sites for hydroxylation is 2. The fourth-order valence-electron chi connectivity index (χ4n) is 1.59. The van der Waals surface area contributed by atoms with E-state index in [1.807, 2.05) is 17.8 Å². The zero-order chi connectivity index (χ0) is 8.72. The Balaban J connectivity index is 2.99. The van der Waals surface area contributed by atoms with Crippen molar-refractivity contribution in [2.24, 2.45) is 7.05 Å². The molecule has 2 aromatic heterocycles. The predicted molar refractivity (Wildman–Crippen MR) is 49.9 cm³/mol. The molecule has 0 amide bonds. The Labute approximate surface area is 70.8 Å². The third-order valence-corrected chi connectivity index (χ3v) is 2.12. The van der Waals surface area contributed by atoms with Gasteiger partial charge in [0.05, 0.1) is 23.6 Å². The molecule has 2 N–H and O–H groups in total. The van der Waals surface area contributed by atoms with Crippen LogP contribution in [0.3, 0.4) is 0 Å². The Hall–Kier alpha value is -1.51. The van der Waals surface area contributed by atoms with E-state index in [0.29, 0.717) is 0 Å². The smallest absolute Gasteiger partial charge is 0.0687 e. The van der Waals surface area contributed by atoms with Crippen LogP contribution in [-0.2, 0) is 7.05 Å². The van der Waals surface area contributed by atoms with Gasteiger partial charge in [0.25, 0.3) is 0 Å². The highest BCUT2D eigenvalue weighted by Gasteiger charge is 2.04. The van der Waals surface area contributed by atoms with E-state index in [4.69, 9.17) is 5.73 Å². The van der Waals surface area contributed by atoms with Crippen LogP contribution >= 0.6 is 0 Å². The van der Waals surface area contributed by atoms with Crippen LogP contribution in [0.4, 0.5) is 5.69 Å². The third kappa shape index (κ3) is 0.794. The topological polar surface area (TPSA) is 43.8 Å². The molecule has 0 aliphatic carbocycles. The monoisotopic (exact) mass is 161 g/mol. The maximum Gasteiger partial charge on any atom is 0.0687 e. The Morgan fingerprint density at radius 1 is 1.42 bits per heavy atom. The van der Waals surface area contributed by atoms with Crippen LogP contribution in [0, 0.1) is 6.92 Å². The molecule has 0 spiro atoms. The van der Waals surface area contributed by atoms with Crippen molar-refractivity contribution in [1.82, 2.24) is 9.55 Å². The summed E-state index contributed by atoms with van der Waals surface area (Å²) in [6.07, 6.45) is 5.58. The van der Waals surface area contributed by atoms with Gasteiger partial charge in [-0.2, -0.15) is 0 Å². The van der Waals surface area contributed by atoms with Gasteiger partial charge in [0.2, 0.25) is 0 Å². The van der Waals surface area contributed by atoms with Crippen LogP contribution in [0.15, 0.2) is 18.6 Å². The summed E-state index contributed by atoms with van der Waals surface area (Å²) in [4.78, 5) is 4.04. The molecule has 0 aliphatic rings. The van der Waals surface area contributed by atoms with Crippen LogP contribution in [0.5, 0.6) is 0 Å². The number of nitrogens with zero attached hydrogens (tertiary/aromatic N) is 2. The first-order chi connectivity index (χ1) is 5.70. The minimum Gasteiger partial charge on any atom is -0.397 e. The summed E-state index contributed by atoms with van der Waals surface area (Å²) in [5.41, 5.74) is 8.84. The van der Waals surface area contributed by atoms with Crippen LogP contribution in [0.1, 0.15) is 5.56 Å². The van der Waals surface area contributed by atoms with Crippen molar-refractivity contribution in [3.8, 4) is 0 Å². The molecule has 0 saturated carbocycles. The van der Waals surface area contributed by atoms with Crippen molar-refractivity contribution in [3.05, 3.63) is 24.2 Å². The Bertz CT molecular complexity index is 429.